The normalized spacial score (nSPS) is 14.6. The van der Waals surface area contributed by atoms with Gasteiger partial charge >= 0.3 is 0 Å². The number of nitrogens with zero attached hydrogens (tertiary/aromatic N) is 1. The van der Waals surface area contributed by atoms with Crippen LogP contribution in [0.25, 0.3) is 10.9 Å². The Morgan fingerprint density at radius 1 is 1.32 bits per heavy atom. The average molecular weight is 257 g/mol. The van der Waals surface area contributed by atoms with Gasteiger partial charge in [0.15, 0.2) is 0 Å². The molecule has 0 saturated carbocycles. The van der Waals surface area contributed by atoms with Crippen molar-refractivity contribution in [1.29, 1.82) is 0 Å². The minimum Gasteiger partial charge on any atom is -0.378 e. The van der Waals surface area contributed by atoms with Gasteiger partial charge in [0.1, 0.15) is 0 Å². The molecule has 1 unspecified atom stereocenters. The molecule has 0 spiro atoms. The van der Waals surface area contributed by atoms with Gasteiger partial charge in [-0.3, -0.25) is 4.98 Å². The van der Waals surface area contributed by atoms with Crippen LogP contribution in [0.4, 0.5) is 5.69 Å². The largest absolute Gasteiger partial charge is 0.378 e. The summed E-state index contributed by atoms with van der Waals surface area (Å²) in [6.45, 7) is 9.17. The predicted molar refractivity (Wildman–Crippen MR) is 82.4 cm³/mol. The minimum atomic E-state index is -0.115. The number of aromatic nitrogens is 1. The van der Waals surface area contributed by atoms with Gasteiger partial charge in [-0.25, -0.2) is 0 Å². The molecule has 2 aromatic rings. The molecule has 0 fully saturated rings. The quantitative estimate of drug-likeness (QED) is 0.883. The molecule has 3 heteroatoms. The molecule has 1 aromatic carbocycles. The fourth-order valence-electron chi connectivity index (χ4n) is 2.15. The number of fused-ring (bicyclic) bond motifs is 1. The zero-order valence-electron chi connectivity index (χ0n) is 12.2. The number of benzene rings is 1. The van der Waals surface area contributed by atoms with E-state index in [1.165, 1.54) is 0 Å². The molecule has 0 aliphatic heterocycles. The molecule has 1 heterocycles. The zero-order chi connectivity index (χ0) is 14.0. The lowest BCUT2D eigenvalue weighted by atomic mass is 9.88. The predicted octanol–water partition coefficient (Wildman–Crippen LogP) is 3.33. The molecule has 2 rings (SSSR count). The second-order valence-electron chi connectivity index (χ2n) is 5.73. The summed E-state index contributed by atoms with van der Waals surface area (Å²) in [5.74, 6) is 0.449. The van der Waals surface area contributed by atoms with E-state index in [0.717, 1.165) is 22.3 Å². The Balaban J connectivity index is 2.50. The van der Waals surface area contributed by atoms with E-state index in [1.54, 1.807) is 0 Å². The Kier molecular flexibility index (Phi) is 3.76. The molecule has 3 N–H and O–H groups in total. The average Bonchev–Trinajstić information content (AvgIpc) is 2.38. The van der Waals surface area contributed by atoms with E-state index in [2.05, 4.69) is 43.2 Å². The molecule has 1 atom stereocenters. The molecular weight excluding hydrogens is 234 g/mol. The van der Waals surface area contributed by atoms with Gasteiger partial charge in [0.05, 0.1) is 5.52 Å². The van der Waals surface area contributed by atoms with Gasteiger partial charge in [-0.05, 0) is 31.9 Å². The van der Waals surface area contributed by atoms with Crippen molar-refractivity contribution in [1.82, 2.24) is 4.98 Å². The lowest BCUT2D eigenvalue weighted by Crippen LogP contribution is -2.47. The van der Waals surface area contributed by atoms with E-state index < -0.39 is 0 Å². The highest BCUT2D eigenvalue weighted by Gasteiger charge is 2.27. The Labute approximate surface area is 115 Å². The molecule has 1 aromatic heterocycles. The third-order valence-corrected chi connectivity index (χ3v) is 3.96. The van der Waals surface area contributed by atoms with Crippen molar-refractivity contribution in [3.05, 3.63) is 36.0 Å². The van der Waals surface area contributed by atoms with Crippen LogP contribution in [-0.2, 0) is 0 Å². The molecule has 0 aliphatic carbocycles. The summed E-state index contributed by atoms with van der Waals surface area (Å²) in [7, 11) is 0. The van der Waals surface area contributed by atoms with Crippen LogP contribution < -0.4 is 11.1 Å². The summed E-state index contributed by atoms with van der Waals surface area (Å²) in [5.41, 5.74) is 9.00. The Morgan fingerprint density at radius 3 is 2.63 bits per heavy atom. The fourth-order valence-corrected chi connectivity index (χ4v) is 2.15. The van der Waals surface area contributed by atoms with Crippen LogP contribution >= 0.6 is 0 Å². The topological polar surface area (TPSA) is 50.9 Å². The molecule has 0 saturated heterocycles. The number of rotatable bonds is 4. The van der Waals surface area contributed by atoms with Gasteiger partial charge in [0, 0.05) is 28.9 Å². The van der Waals surface area contributed by atoms with Crippen LogP contribution in [0, 0.1) is 12.8 Å². The van der Waals surface area contributed by atoms with Crippen molar-refractivity contribution < 1.29 is 0 Å². The zero-order valence-corrected chi connectivity index (χ0v) is 12.2. The summed E-state index contributed by atoms with van der Waals surface area (Å²) in [4.78, 5) is 4.57. The van der Waals surface area contributed by atoms with Crippen molar-refractivity contribution >= 4 is 16.6 Å². The number of hydrogen-bond donors (Lipinski definition) is 2. The van der Waals surface area contributed by atoms with Gasteiger partial charge in [-0.2, -0.15) is 0 Å². The van der Waals surface area contributed by atoms with Gasteiger partial charge in [0.25, 0.3) is 0 Å². The SMILES string of the molecule is Cc1cc(NC(C)(CN)C(C)C)c2ccccc2n1. The lowest BCUT2D eigenvalue weighted by molar-refractivity contribution is 0.383. The number of para-hydroxylation sites is 1. The fraction of sp³-hybridized carbons (Fsp3) is 0.438. The number of anilines is 1. The van der Waals surface area contributed by atoms with Crippen molar-refractivity contribution in [3.63, 3.8) is 0 Å². The third kappa shape index (κ3) is 2.71. The monoisotopic (exact) mass is 257 g/mol. The number of hydrogen-bond acceptors (Lipinski definition) is 3. The second-order valence-corrected chi connectivity index (χ2v) is 5.73. The van der Waals surface area contributed by atoms with Gasteiger partial charge in [-0.1, -0.05) is 32.0 Å². The number of nitrogens with one attached hydrogen (secondary N) is 1. The standard InChI is InChI=1S/C16H23N3/c1-11(2)16(4,10-17)19-15-9-12(3)18-14-8-6-5-7-13(14)15/h5-9,11H,10,17H2,1-4H3,(H,18,19). The van der Waals surface area contributed by atoms with E-state index in [0.29, 0.717) is 12.5 Å². The molecule has 0 amide bonds. The summed E-state index contributed by atoms with van der Waals surface area (Å²) >= 11 is 0. The number of pyridine rings is 1. The van der Waals surface area contributed by atoms with E-state index in [-0.39, 0.29) is 5.54 Å². The van der Waals surface area contributed by atoms with Crippen LogP contribution in [0.15, 0.2) is 30.3 Å². The molecule has 19 heavy (non-hydrogen) atoms. The summed E-state index contributed by atoms with van der Waals surface area (Å²) in [6.07, 6.45) is 0. The molecule has 0 aliphatic rings. The first-order chi connectivity index (χ1) is 8.96. The molecule has 3 nitrogen and oxygen atoms in total. The highest BCUT2D eigenvalue weighted by atomic mass is 15.0. The van der Waals surface area contributed by atoms with E-state index >= 15 is 0 Å². The van der Waals surface area contributed by atoms with Crippen molar-refractivity contribution in [2.75, 3.05) is 11.9 Å². The first kappa shape index (κ1) is 13.8. The maximum absolute atomic E-state index is 5.96. The third-order valence-electron chi connectivity index (χ3n) is 3.96. The second kappa shape index (κ2) is 5.17. The van der Waals surface area contributed by atoms with Crippen molar-refractivity contribution in [3.8, 4) is 0 Å². The highest BCUT2D eigenvalue weighted by Crippen LogP contribution is 2.28. The van der Waals surface area contributed by atoms with Gasteiger partial charge in [0.2, 0.25) is 0 Å². The van der Waals surface area contributed by atoms with Crippen LogP contribution in [0.5, 0.6) is 0 Å². The Bertz CT molecular complexity index is 577. The lowest BCUT2D eigenvalue weighted by Gasteiger charge is -2.35. The molecule has 102 valence electrons. The van der Waals surface area contributed by atoms with Crippen molar-refractivity contribution in [2.24, 2.45) is 11.7 Å². The minimum absolute atomic E-state index is 0.115. The number of nitrogens with two attached hydrogens (primary N) is 1. The smallest absolute Gasteiger partial charge is 0.0725 e. The van der Waals surface area contributed by atoms with Crippen LogP contribution in [0.3, 0.4) is 0 Å². The summed E-state index contributed by atoms with van der Waals surface area (Å²) < 4.78 is 0. The van der Waals surface area contributed by atoms with Gasteiger partial charge in [-0.15, -0.1) is 0 Å². The maximum Gasteiger partial charge on any atom is 0.0725 e. The molecule has 0 bridgehead atoms. The summed E-state index contributed by atoms with van der Waals surface area (Å²) in [6, 6.07) is 10.3. The first-order valence-electron chi connectivity index (χ1n) is 6.81. The van der Waals surface area contributed by atoms with E-state index in [9.17, 15) is 0 Å². The first-order valence-corrected chi connectivity index (χ1v) is 6.81. The Morgan fingerprint density at radius 2 is 2.00 bits per heavy atom. The van der Waals surface area contributed by atoms with E-state index in [1.807, 2.05) is 25.1 Å². The van der Waals surface area contributed by atoms with Crippen molar-refractivity contribution in [2.45, 2.75) is 33.2 Å². The molecular formula is C16H23N3. The van der Waals surface area contributed by atoms with Crippen LogP contribution in [0.1, 0.15) is 26.5 Å². The van der Waals surface area contributed by atoms with Crippen LogP contribution in [0.2, 0.25) is 0 Å². The molecule has 0 radical (unpaired) electrons. The Hall–Kier alpha value is -1.61. The van der Waals surface area contributed by atoms with Crippen LogP contribution in [-0.4, -0.2) is 17.1 Å². The summed E-state index contributed by atoms with van der Waals surface area (Å²) in [5, 5.41) is 4.77. The maximum atomic E-state index is 5.96. The van der Waals surface area contributed by atoms with E-state index in [4.69, 9.17) is 5.73 Å². The van der Waals surface area contributed by atoms with Gasteiger partial charge < -0.3 is 11.1 Å². The number of aryl methyl sites for hydroxylation is 1. The highest BCUT2D eigenvalue weighted by molar-refractivity contribution is 5.91.